The molecule has 1 saturated carbocycles. The largest absolute Gasteiger partial charge is 0.493 e. The zero-order chi connectivity index (χ0) is 22.2. The van der Waals surface area contributed by atoms with Crippen LogP contribution in [0.5, 0.6) is 11.5 Å². The summed E-state index contributed by atoms with van der Waals surface area (Å²) < 4.78 is 11.2. The Hall–Kier alpha value is -3.68. The summed E-state index contributed by atoms with van der Waals surface area (Å²) in [6.45, 7) is 0.0234. The maximum absolute atomic E-state index is 12.8. The number of carbonyl (C=O) groups is 3. The quantitative estimate of drug-likeness (QED) is 0.532. The number of hydrogen-bond donors (Lipinski definition) is 1. The van der Waals surface area contributed by atoms with Gasteiger partial charge in [-0.25, -0.2) is 0 Å². The first kappa shape index (κ1) is 20.2. The number of pyridine rings is 1. The van der Waals surface area contributed by atoms with E-state index in [0.29, 0.717) is 23.8 Å². The fourth-order valence-electron chi connectivity index (χ4n) is 4.97. The van der Waals surface area contributed by atoms with Crippen molar-refractivity contribution in [2.75, 3.05) is 19.0 Å². The minimum Gasteiger partial charge on any atom is -0.493 e. The van der Waals surface area contributed by atoms with Crippen LogP contribution in [0.3, 0.4) is 0 Å². The first-order valence-corrected chi connectivity index (χ1v) is 10.6. The molecule has 8 heteroatoms. The molecule has 32 heavy (non-hydrogen) atoms. The van der Waals surface area contributed by atoms with Gasteiger partial charge in [0, 0.05) is 24.1 Å². The lowest BCUT2D eigenvalue weighted by Gasteiger charge is -2.17. The second-order valence-corrected chi connectivity index (χ2v) is 8.32. The number of nitrogens with one attached hydrogen (secondary N) is 1. The minimum absolute atomic E-state index is 0.121. The Kier molecular flexibility index (Phi) is 5.13. The number of rotatable bonds is 7. The Bertz CT molecular complexity index is 1070. The van der Waals surface area contributed by atoms with Crippen molar-refractivity contribution in [1.29, 1.82) is 0 Å². The third-order valence-corrected chi connectivity index (χ3v) is 6.45. The van der Waals surface area contributed by atoms with Gasteiger partial charge in [-0.15, -0.1) is 0 Å². The molecule has 8 nitrogen and oxygen atoms in total. The molecule has 3 amide bonds. The summed E-state index contributed by atoms with van der Waals surface area (Å²) in [4.78, 5) is 43.3. The van der Waals surface area contributed by atoms with Crippen LogP contribution >= 0.6 is 0 Å². The van der Waals surface area contributed by atoms with Crippen molar-refractivity contribution >= 4 is 23.4 Å². The molecular weight excluding hydrogens is 410 g/mol. The third kappa shape index (κ3) is 3.51. The molecule has 4 atom stereocenters. The van der Waals surface area contributed by atoms with E-state index < -0.39 is 5.91 Å². The van der Waals surface area contributed by atoms with Crippen molar-refractivity contribution in [2.24, 2.45) is 23.7 Å². The Labute approximate surface area is 185 Å². The minimum atomic E-state index is -0.433. The number of likely N-dealkylation sites (tertiary alicyclic amines) is 1. The van der Waals surface area contributed by atoms with E-state index in [-0.39, 0.29) is 42.0 Å². The molecule has 1 N–H and O–H groups in total. The number of amides is 3. The summed E-state index contributed by atoms with van der Waals surface area (Å²) in [7, 11) is 1.54. The van der Waals surface area contributed by atoms with Gasteiger partial charge in [0.2, 0.25) is 17.7 Å². The van der Waals surface area contributed by atoms with E-state index in [1.807, 2.05) is 24.3 Å². The van der Waals surface area contributed by atoms with E-state index in [2.05, 4.69) is 10.3 Å². The number of hydrogen-bond acceptors (Lipinski definition) is 6. The maximum Gasteiger partial charge on any atom is 0.244 e. The van der Waals surface area contributed by atoms with Gasteiger partial charge in [-0.3, -0.25) is 24.3 Å². The van der Waals surface area contributed by atoms with Crippen LogP contribution < -0.4 is 14.8 Å². The van der Waals surface area contributed by atoms with Crippen molar-refractivity contribution in [3.05, 3.63) is 60.4 Å². The Balaban J connectivity index is 1.24. The highest BCUT2D eigenvalue weighted by Crippen LogP contribution is 2.52. The van der Waals surface area contributed by atoms with E-state index in [9.17, 15) is 14.4 Å². The van der Waals surface area contributed by atoms with Crippen molar-refractivity contribution in [1.82, 2.24) is 9.88 Å². The lowest BCUT2D eigenvalue weighted by molar-refractivity contribution is -0.143. The van der Waals surface area contributed by atoms with E-state index in [0.717, 1.165) is 16.9 Å². The van der Waals surface area contributed by atoms with E-state index in [4.69, 9.17) is 9.47 Å². The van der Waals surface area contributed by atoms with E-state index in [1.165, 1.54) is 7.11 Å². The van der Waals surface area contributed by atoms with E-state index in [1.54, 1.807) is 30.6 Å². The standard InChI is InChI=1S/C24H23N3O5/c1-31-18-5-4-17(11-19(18)32-13-14-6-8-25-9-7-14)26-20(28)12-27-23(29)21-15-2-3-16(10-15)22(21)24(27)30/h2-9,11,15-16,21-22H,10,12-13H2,1H3,(H,26,28). The summed E-state index contributed by atoms with van der Waals surface area (Å²) >= 11 is 0. The number of imide groups is 1. The number of benzene rings is 1. The zero-order valence-electron chi connectivity index (χ0n) is 17.6. The Morgan fingerprint density at radius 1 is 1.06 bits per heavy atom. The third-order valence-electron chi connectivity index (χ3n) is 6.45. The van der Waals surface area contributed by atoms with Crippen molar-refractivity contribution in [3.63, 3.8) is 0 Å². The first-order valence-electron chi connectivity index (χ1n) is 10.6. The van der Waals surface area contributed by atoms with Crippen LogP contribution in [0.15, 0.2) is 54.9 Å². The molecule has 2 aromatic rings. The molecule has 1 aromatic carbocycles. The lowest BCUT2D eigenvalue weighted by Crippen LogP contribution is -2.39. The van der Waals surface area contributed by atoms with Crippen LogP contribution in [0.1, 0.15) is 12.0 Å². The Morgan fingerprint density at radius 3 is 2.41 bits per heavy atom. The molecule has 164 valence electrons. The molecule has 4 unspecified atom stereocenters. The van der Waals surface area contributed by atoms with Gasteiger partial charge in [-0.05, 0) is 48.1 Å². The number of anilines is 1. The van der Waals surface area contributed by atoms with Gasteiger partial charge in [-0.1, -0.05) is 12.2 Å². The summed E-state index contributed by atoms with van der Waals surface area (Å²) in [6.07, 6.45) is 8.30. The molecule has 1 aliphatic heterocycles. The van der Waals surface area contributed by atoms with Gasteiger partial charge in [0.05, 0.1) is 18.9 Å². The normalized spacial score (nSPS) is 25.2. The molecule has 2 bridgehead atoms. The average molecular weight is 433 g/mol. The van der Waals surface area contributed by atoms with Crippen LogP contribution in [0.4, 0.5) is 5.69 Å². The fraction of sp³-hybridized carbons (Fsp3) is 0.333. The van der Waals surface area contributed by atoms with Gasteiger partial charge < -0.3 is 14.8 Å². The van der Waals surface area contributed by atoms with Crippen LogP contribution in [0, 0.1) is 23.7 Å². The smallest absolute Gasteiger partial charge is 0.244 e. The second-order valence-electron chi connectivity index (χ2n) is 8.32. The summed E-state index contributed by atoms with van der Waals surface area (Å²) in [5.74, 6) is -0.278. The van der Waals surface area contributed by atoms with Gasteiger partial charge in [-0.2, -0.15) is 0 Å². The summed E-state index contributed by atoms with van der Waals surface area (Å²) in [6, 6.07) is 8.73. The topological polar surface area (TPSA) is 97.8 Å². The molecule has 1 saturated heterocycles. The van der Waals surface area contributed by atoms with Gasteiger partial charge in [0.25, 0.3) is 0 Å². The van der Waals surface area contributed by atoms with Gasteiger partial charge in [0.15, 0.2) is 11.5 Å². The van der Waals surface area contributed by atoms with Crippen molar-refractivity contribution in [2.45, 2.75) is 13.0 Å². The molecule has 2 fully saturated rings. The number of methoxy groups -OCH3 is 1. The van der Waals surface area contributed by atoms with Gasteiger partial charge in [0.1, 0.15) is 13.2 Å². The highest BCUT2D eigenvalue weighted by atomic mass is 16.5. The summed E-state index contributed by atoms with van der Waals surface area (Å²) in [5, 5.41) is 2.76. The number of aromatic nitrogens is 1. The number of nitrogens with zero attached hydrogens (tertiary/aromatic N) is 2. The lowest BCUT2D eigenvalue weighted by atomic mass is 9.85. The van der Waals surface area contributed by atoms with Crippen LogP contribution in [-0.2, 0) is 21.0 Å². The number of ether oxygens (including phenoxy) is 2. The Morgan fingerprint density at radius 2 is 1.75 bits per heavy atom. The average Bonchev–Trinajstić information content (AvgIpc) is 3.49. The molecule has 5 rings (SSSR count). The molecule has 0 spiro atoms. The van der Waals surface area contributed by atoms with Crippen molar-refractivity contribution < 1.29 is 23.9 Å². The summed E-state index contributed by atoms with van der Waals surface area (Å²) in [5.41, 5.74) is 1.43. The second kappa shape index (κ2) is 8.11. The first-order chi connectivity index (χ1) is 15.5. The highest BCUT2D eigenvalue weighted by molar-refractivity contribution is 6.09. The predicted molar refractivity (Wildman–Crippen MR) is 115 cm³/mol. The molecule has 2 heterocycles. The number of carbonyl (C=O) groups excluding carboxylic acids is 3. The van der Waals surface area contributed by atoms with Crippen LogP contribution in [0.25, 0.3) is 0 Å². The number of allylic oxidation sites excluding steroid dienone is 2. The highest BCUT2D eigenvalue weighted by Gasteiger charge is 2.59. The monoisotopic (exact) mass is 433 g/mol. The van der Waals surface area contributed by atoms with Gasteiger partial charge >= 0.3 is 0 Å². The molecule has 0 radical (unpaired) electrons. The number of fused-ring (bicyclic) bond motifs is 5. The zero-order valence-corrected chi connectivity index (χ0v) is 17.6. The maximum atomic E-state index is 12.8. The molecule has 1 aromatic heterocycles. The SMILES string of the molecule is COc1ccc(NC(=O)CN2C(=O)C3C4C=CC(C4)C3C2=O)cc1OCc1ccncc1. The molecule has 2 aliphatic carbocycles. The van der Waals surface area contributed by atoms with Crippen molar-refractivity contribution in [3.8, 4) is 11.5 Å². The van der Waals surface area contributed by atoms with Crippen LogP contribution in [-0.4, -0.2) is 41.3 Å². The van der Waals surface area contributed by atoms with Crippen LogP contribution in [0.2, 0.25) is 0 Å². The fourth-order valence-corrected chi connectivity index (χ4v) is 4.97. The molecular formula is C24H23N3O5. The van der Waals surface area contributed by atoms with E-state index >= 15 is 0 Å². The predicted octanol–water partition coefficient (Wildman–Crippen LogP) is 2.41. The molecule has 3 aliphatic rings.